The molecule has 0 bridgehead atoms. The molecule has 2 aromatic carbocycles. The van der Waals surface area contributed by atoms with E-state index in [2.05, 4.69) is 10.5 Å². The minimum absolute atomic E-state index is 0.00101. The molecule has 0 saturated carbocycles. The third-order valence-electron chi connectivity index (χ3n) is 2.63. The zero-order valence-electron chi connectivity index (χ0n) is 12.1. The summed E-state index contributed by atoms with van der Waals surface area (Å²) in [6, 6.07) is 10.7. The van der Waals surface area contributed by atoms with Crippen LogP contribution < -0.4 is 10.2 Å². The molecule has 116 valence electrons. The van der Waals surface area contributed by atoms with Crippen LogP contribution in [0.2, 0.25) is 15.1 Å². The number of ether oxygens (including phenoxy) is 1. The van der Waals surface area contributed by atoms with Gasteiger partial charge in [-0.25, -0.2) is 0 Å². The molecular formula is C16H15Cl3N2O. The van der Waals surface area contributed by atoms with Gasteiger partial charge in [-0.1, -0.05) is 34.8 Å². The van der Waals surface area contributed by atoms with Gasteiger partial charge < -0.3 is 4.74 Å². The van der Waals surface area contributed by atoms with Gasteiger partial charge in [0.05, 0.1) is 28.1 Å². The van der Waals surface area contributed by atoms with Crippen molar-refractivity contribution >= 4 is 46.7 Å². The van der Waals surface area contributed by atoms with E-state index in [-0.39, 0.29) is 6.10 Å². The summed E-state index contributed by atoms with van der Waals surface area (Å²) in [5, 5.41) is 5.72. The summed E-state index contributed by atoms with van der Waals surface area (Å²) in [6.07, 6.45) is 1.63. The number of benzene rings is 2. The van der Waals surface area contributed by atoms with Crippen LogP contribution in [0.5, 0.6) is 5.75 Å². The Labute approximate surface area is 144 Å². The van der Waals surface area contributed by atoms with Crippen LogP contribution in [0.3, 0.4) is 0 Å². The molecule has 3 nitrogen and oxygen atoms in total. The van der Waals surface area contributed by atoms with Gasteiger partial charge in [-0.05, 0) is 55.8 Å². The second-order valence-corrected chi connectivity index (χ2v) is 6.11. The van der Waals surface area contributed by atoms with Crippen molar-refractivity contribution in [1.82, 2.24) is 0 Å². The number of hydrogen-bond acceptors (Lipinski definition) is 3. The molecule has 0 aliphatic heterocycles. The molecule has 0 heterocycles. The average molecular weight is 358 g/mol. The second-order valence-electron chi connectivity index (χ2n) is 4.86. The van der Waals surface area contributed by atoms with E-state index in [1.54, 1.807) is 30.5 Å². The Bertz CT molecular complexity index is 647. The Morgan fingerprint density at radius 2 is 1.64 bits per heavy atom. The van der Waals surface area contributed by atoms with Gasteiger partial charge >= 0.3 is 0 Å². The van der Waals surface area contributed by atoms with Gasteiger partial charge in [-0.3, -0.25) is 5.43 Å². The van der Waals surface area contributed by atoms with Crippen LogP contribution in [0.25, 0.3) is 0 Å². The van der Waals surface area contributed by atoms with Crippen LogP contribution in [0.4, 0.5) is 5.69 Å². The summed E-state index contributed by atoms with van der Waals surface area (Å²) in [5.74, 6) is 0.487. The largest absolute Gasteiger partial charge is 0.488 e. The molecule has 0 amide bonds. The molecular weight excluding hydrogens is 343 g/mol. The Kier molecular flexibility index (Phi) is 5.95. The van der Waals surface area contributed by atoms with Crippen LogP contribution in [0, 0.1) is 0 Å². The Morgan fingerprint density at radius 3 is 2.18 bits per heavy atom. The number of nitrogens with one attached hydrogen (secondary N) is 1. The lowest BCUT2D eigenvalue weighted by Gasteiger charge is -2.13. The monoisotopic (exact) mass is 356 g/mol. The molecule has 0 spiro atoms. The van der Waals surface area contributed by atoms with Gasteiger partial charge in [0.15, 0.2) is 5.75 Å². The first-order valence-corrected chi connectivity index (χ1v) is 7.79. The summed E-state index contributed by atoms with van der Waals surface area (Å²) in [7, 11) is 0. The van der Waals surface area contributed by atoms with Gasteiger partial charge in [0.25, 0.3) is 0 Å². The first-order valence-electron chi connectivity index (χ1n) is 6.66. The van der Waals surface area contributed by atoms with E-state index in [1.807, 2.05) is 26.0 Å². The summed E-state index contributed by atoms with van der Waals surface area (Å²) < 4.78 is 5.58. The standard InChI is InChI=1S/C16H15Cl3N2O/c1-10(2)22-16-14(18)7-11(8-15(16)19)9-20-21-13-5-3-12(17)4-6-13/h3-10,21H,1-2H3/b20-9+. The molecule has 0 radical (unpaired) electrons. The minimum atomic E-state index is 0.00101. The van der Waals surface area contributed by atoms with Crippen molar-refractivity contribution in [3.05, 3.63) is 57.0 Å². The van der Waals surface area contributed by atoms with Gasteiger partial charge in [0, 0.05) is 5.02 Å². The molecule has 0 fully saturated rings. The van der Waals surface area contributed by atoms with Crippen LogP contribution in [0.15, 0.2) is 41.5 Å². The highest BCUT2D eigenvalue weighted by Gasteiger charge is 2.10. The van der Waals surface area contributed by atoms with Crippen molar-refractivity contribution in [2.75, 3.05) is 5.43 Å². The van der Waals surface area contributed by atoms with Crippen LogP contribution >= 0.6 is 34.8 Å². The smallest absolute Gasteiger partial charge is 0.156 e. The Morgan fingerprint density at radius 1 is 1.05 bits per heavy atom. The number of halogens is 3. The summed E-state index contributed by atoms with van der Waals surface area (Å²) in [5.41, 5.74) is 4.50. The highest BCUT2D eigenvalue weighted by atomic mass is 35.5. The summed E-state index contributed by atoms with van der Waals surface area (Å²) in [6.45, 7) is 3.83. The van der Waals surface area contributed by atoms with Crippen molar-refractivity contribution in [2.24, 2.45) is 5.10 Å². The number of rotatable bonds is 5. The SMILES string of the molecule is CC(C)Oc1c(Cl)cc(/C=N/Nc2ccc(Cl)cc2)cc1Cl. The molecule has 2 rings (SSSR count). The van der Waals surface area contributed by atoms with Gasteiger partial charge in [0.1, 0.15) is 0 Å². The maximum Gasteiger partial charge on any atom is 0.156 e. The van der Waals surface area contributed by atoms with E-state index in [0.29, 0.717) is 20.8 Å². The van der Waals surface area contributed by atoms with E-state index in [4.69, 9.17) is 39.5 Å². The Hall–Kier alpha value is -1.42. The highest BCUT2D eigenvalue weighted by Crippen LogP contribution is 2.34. The molecule has 0 saturated heterocycles. The fourth-order valence-corrected chi connectivity index (χ4v) is 2.43. The van der Waals surface area contributed by atoms with Crippen molar-refractivity contribution in [3.63, 3.8) is 0 Å². The molecule has 0 aromatic heterocycles. The van der Waals surface area contributed by atoms with Crippen molar-refractivity contribution < 1.29 is 4.74 Å². The van der Waals surface area contributed by atoms with E-state index in [0.717, 1.165) is 11.3 Å². The third kappa shape index (κ3) is 4.80. The zero-order chi connectivity index (χ0) is 16.1. The highest BCUT2D eigenvalue weighted by molar-refractivity contribution is 6.37. The van der Waals surface area contributed by atoms with Crippen molar-refractivity contribution in [3.8, 4) is 5.75 Å². The molecule has 0 atom stereocenters. The van der Waals surface area contributed by atoms with E-state index < -0.39 is 0 Å². The topological polar surface area (TPSA) is 33.6 Å². The predicted octanol–water partition coefficient (Wildman–Crippen LogP) is 5.88. The van der Waals surface area contributed by atoms with Crippen molar-refractivity contribution in [1.29, 1.82) is 0 Å². The predicted molar refractivity (Wildman–Crippen MR) is 94.9 cm³/mol. The van der Waals surface area contributed by atoms with Crippen LogP contribution in [-0.2, 0) is 0 Å². The number of hydrogen-bond donors (Lipinski definition) is 1. The average Bonchev–Trinajstić information content (AvgIpc) is 2.45. The van der Waals surface area contributed by atoms with Gasteiger partial charge in [-0.2, -0.15) is 5.10 Å². The Balaban J connectivity index is 2.09. The minimum Gasteiger partial charge on any atom is -0.488 e. The molecule has 0 unspecified atom stereocenters. The van der Waals surface area contributed by atoms with E-state index in [1.165, 1.54) is 0 Å². The van der Waals surface area contributed by atoms with E-state index >= 15 is 0 Å². The lowest BCUT2D eigenvalue weighted by atomic mass is 10.2. The van der Waals surface area contributed by atoms with Gasteiger partial charge in [-0.15, -0.1) is 0 Å². The normalized spacial score (nSPS) is 11.2. The molecule has 0 aliphatic rings. The second kappa shape index (κ2) is 7.73. The van der Waals surface area contributed by atoms with E-state index in [9.17, 15) is 0 Å². The molecule has 1 N–H and O–H groups in total. The van der Waals surface area contributed by atoms with Crippen LogP contribution in [-0.4, -0.2) is 12.3 Å². The summed E-state index contributed by atoms with van der Waals surface area (Å²) in [4.78, 5) is 0. The summed E-state index contributed by atoms with van der Waals surface area (Å²) >= 11 is 18.2. The zero-order valence-corrected chi connectivity index (χ0v) is 14.4. The first kappa shape index (κ1) is 16.9. The maximum atomic E-state index is 6.19. The number of anilines is 1. The van der Waals surface area contributed by atoms with Crippen LogP contribution in [0.1, 0.15) is 19.4 Å². The quantitative estimate of drug-likeness (QED) is 0.535. The molecule has 6 heteroatoms. The molecule has 2 aromatic rings. The fraction of sp³-hybridized carbons (Fsp3) is 0.188. The third-order valence-corrected chi connectivity index (χ3v) is 3.44. The maximum absolute atomic E-state index is 6.19. The molecule has 0 aliphatic carbocycles. The fourth-order valence-electron chi connectivity index (χ4n) is 1.71. The number of nitrogens with zero attached hydrogens (tertiary/aromatic N) is 1. The first-order chi connectivity index (χ1) is 10.5. The van der Waals surface area contributed by atoms with Gasteiger partial charge in [0.2, 0.25) is 0 Å². The number of hydrazone groups is 1. The lowest BCUT2D eigenvalue weighted by Crippen LogP contribution is -2.06. The van der Waals surface area contributed by atoms with Crippen molar-refractivity contribution in [2.45, 2.75) is 20.0 Å². The lowest BCUT2D eigenvalue weighted by molar-refractivity contribution is 0.243. The molecule has 22 heavy (non-hydrogen) atoms.